The third-order valence-corrected chi connectivity index (χ3v) is 11.7. The van der Waals surface area contributed by atoms with Crippen LogP contribution in [0.4, 0.5) is 5.69 Å². The lowest BCUT2D eigenvalue weighted by atomic mass is 10.0. The van der Waals surface area contributed by atoms with Gasteiger partial charge in [0.15, 0.2) is 6.29 Å². The minimum Gasteiger partial charge on any atom is -0.392 e. The first-order valence-corrected chi connectivity index (χ1v) is 20.2. The molecule has 0 saturated carbocycles. The summed E-state index contributed by atoms with van der Waals surface area (Å²) in [4.78, 5) is 13.8. The lowest BCUT2D eigenvalue weighted by Gasteiger charge is -2.36. The first-order chi connectivity index (χ1) is 26.7. The molecule has 0 unspecified atom stereocenters. The summed E-state index contributed by atoms with van der Waals surface area (Å²) >= 11 is 1.49. The number of ether oxygens (including phenoxy) is 2. The second kappa shape index (κ2) is 17.5. The number of rotatable bonds is 14. The number of carbonyl (C=O) groups excluding carboxylic acids is 1. The van der Waals surface area contributed by atoms with Gasteiger partial charge in [0, 0.05) is 23.4 Å². The molecule has 1 aromatic heterocycles. The first kappa shape index (κ1) is 38.1. The Morgan fingerprint density at radius 2 is 1.53 bits per heavy atom. The van der Waals surface area contributed by atoms with E-state index in [0.29, 0.717) is 23.0 Å². The van der Waals surface area contributed by atoms with E-state index in [0.717, 1.165) is 33.5 Å². The van der Waals surface area contributed by atoms with Crippen molar-refractivity contribution >= 4 is 33.4 Å². The first-order valence-electron chi connectivity index (χ1n) is 17.7. The van der Waals surface area contributed by atoms with Crippen molar-refractivity contribution in [1.82, 2.24) is 24.9 Å². The van der Waals surface area contributed by atoms with Crippen LogP contribution < -0.4 is 10.0 Å². The van der Waals surface area contributed by atoms with E-state index in [-0.39, 0.29) is 30.1 Å². The highest BCUT2D eigenvalue weighted by molar-refractivity contribution is 7.99. The summed E-state index contributed by atoms with van der Waals surface area (Å²) in [6.07, 6.45) is -0.556. The Morgan fingerprint density at radius 3 is 2.22 bits per heavy atom. The van der Waals surface area contributed by atoms with Gasteiger partial charge in [-0.3, -0.25) is 4.79 Å². The molecule has 1 amide bonds. The van der Waals surface area contributed by atoms with Crippen molar-refractivity contribution in [2.45, 2.75) is 61.0 Å². The van der Waals surface area contributed by atoms with Crippen molar-refractivity contribution in [3.05, 3.63) is 161 Å². The molecule has 0 spiro atoms. The average Bonchev–Trinajstić information content (AvgIpc) is 3.70. The van der Waals surface area contributed by atoms with E-state index in [2.05, 4.69) is 25.6 Å². The molecule has 55 heavy (non-hydrogen) atoms. The van der Waals surface area contributed by atoms with Gasteiger partial charge in [-0.25, -0.2) is 8.42 Å². The summed E-state index contributed by atoms with van der Waals surface area (Å²) < 4.78 is 44.1. The van der Waals surface area contributed by atoms with Crippen LogP contribution in [0.25, 0.3) is 5.69 Å². The normalized spacial score (nSPS) is 17.7. The Morgan fingerprint density at radius 1 is 0.855 bits per heavy atom. The maximum absolute atomic E-state index is 13.7. The number of hydrogen-bond acceptors (Lipinski definition) is 10. The van der Waals surface area contributed by atoms with E-state index < -0.39 is 28.3 Å². The largest absolute Gasteiger partial charge is 0.392 e. The number of hydrogen-bond donors (Lipinski definition) is 3. The number of aryl methyl sites for hydroxylation is 1. The van der Waals surface area contributed by atoms with Crippen LogP contribution in [0.2, 0.25) is 0 Å². The third-order valence-electron chi connectivity index (χ3n) is 9.13. The number of amides is 1. The highest BCUT2D eigenvalue weighted by Gasteiger charge is 2.33. The van der Waals surface area contributed by atoms with Gasteiger partial charge in [0.25, 0.3) is 0 Å². The van der Waals surface area contributed by atoms with Gasteiger partial charge < -0.3 is 19.9 Å². The Hall–Kier alpha value is -5.22. The number of aliphatic hydroxyl groups is 1. The lowest BCUT2D eigenvalue weighted by Crippen LogP contribution is -2.45. The summed E-state index contributed by atoms with van der Waals surface area (Å²) in [7, 11) is -4.00. The third kappa shape index (κ3) is 9.72. The molecule has 5 aromatic carbocycles. The van der Waals surface area contributed by atoms with E-state index in [4.69, 9.17) is 9.47 Å². The number of carbonyl (C=O) groups is 1. The number of aliphatic hydroxyl groups excluding tert-OH is 1. The van der Waals surface area contributed by atoms with Gasteiger partial charge in [0.2, 0.25) is 21.1 Å². The fourth-order valence-electron chi connectivity index (χ4n) is 6.15. The predicted molar refractivity (Wildman–Crippen MR) is 209 cm³/mol. The van der Waals surface area contributed by atoms with E-state index in [1.807, 2.05) is 104 Å². The van der Waals surface area contributed by atoms with Crippen LogP contribution in [-0.4, -0.2) is 57.5 Å². The van der Waals surface area contributed by atoms with Crippen LogP contribution in [0.3, 0.4) is 0 Å². The zero-order valence-electron chi connectivity index (χ0n) is 29.9. The molecule has 7 rings (SSSR count). The van der Waals surface area contributed by atoms with Crippen LogP contribution >= 0.6 is 11.8 Å². The van der Waals surface area contributed by atoms with Crippen LogP contribution in [-0.2, 0) is 37.3 Å². The summed E-state index contributed by atoms with van der Waals surface area (Å²) in [6.45, 7) is 1.82. The van der Waals surface area contributed by atoms with Gasteiger partial charge in [0.05, 0.1) is 29.4 Å². The SMILES string of the molecule is Cc1ccc(S(=O)(=O)N[C@H](Cc2ccccc2)C(=O)Nc2ccc([C@H]3O[C@@H](CSc4nnnn4-c4ccccc4)C[C@@H](c4ccc(CO)cc4)O3)cc2)cc1. The minimum absolute atomic E-state index is 0.0541. The molecule has 2 heterocycles. The van der Waals surface area contributed by atoms with Crippen molar-refractivity contribution in [3.8, 4) is 5.69 Å². The van der Waals surface area contributed by atoms with Gasteiger partial charge in [-0.15, -0.1) is 5.10 Å². The molecule has 0 radical (unpaired) electrons. The Kier molecular flexibility index (Phi) is 12.1. The molecule has 1 saturated heterocycles. The number of thioether (sulfide) groups is 1. The number of benzene rings is 5. The fourth-order valence-corrected chi connectivity index (χ4v) is 8.26. The molecule has 1 aliphatic rings. The molecule has 14 heteroatoms. The van der Waals surface area contributed by atoms with Gasteiger partial charge in [-0.05, 0) is 76.9 Å². The van der Waals surface area contributed by atoms with Crippen molar-refractivity contribution in [2.75, 3.05) is 11.1 Å². The van der Waals surface area contributed by atoms with Gasteiger partial charge in [-0.1, -0.05) is 114 Å². The van der Waals surface area contributed by atoms with E-state index in [1.165, 1.54) is 23.9 Å². The maximum atomic E-state index is 13.7. The van der Waals surface area contributed by atoms with Crippen molar-refractivity contribution in [2.24, 2.45) is 0 Å². The zero-order valence-corrected chi connectivity index (χ0v) is 31.6. The van der Waals surface area contributed by atoms with Crippen molar-refractivity contribution in [1.29, 1.82) is 0 Å². The topological polar surface area (TPSA) is 158 Å². The maximum Gasteiger partial charge on any atom is 0.242 e. The molecule has 4 atom stereocenters. The summed E-state index contributed by atoms with van der Waals surface area (Å²) in [5.74, 6) is 0.0482. The number of nitrogens with zero attached hydrogens (tertiary/aromatic N) is 4. The Balaban J connectivity index is 1.07. The molecule has 1 fully saturated rings. The summed E-state index contributed by atoms with van der Waals surface area (Å²) in [6, 6.07) is 39.1. The van der Waals surface area contributed by atoms with E-state index in [1.54, 1.807) is 28.9 Å². The average molecular weight is 777 g/mol. The van der Waals surface area contributed by atoms with Crippen LogP contribution in [0.1, 0.15) is 46.6 Å². The molecule has 0 bridgehead atoms. The lowest BCUT2D eigenvalue weighted by molar-refractivity contribution is -0.245. The van der Waals surface area contributed by atoms with Gasteiger partial charge in [-0.2, -0.15) is 9.40 Å². The number of tetrazole rings is 1. The van der Waals surface area contributed by atoms with Crippen molar-refractivity contribution in [3.63, 3.8) is 0 Å². The van der Waals surface area contributed by atoms with Crippen LogP contribution in [0, 0.1) is 6.92 Å². The summed E-state index contributed by atoms with van der Waals surface area (Å²) in [5, 5.41) is 25.4. The van der Waals surface area contributed by atoms with Crippen molar-refractivity contribution < 1.29 is 27.8 Å². The molecular weight excluding hydrogens is 737 g/mol. The smallest absolute Gasteiger partial charge is 0.242 e. The molecule has 12 nitrogen and oxygen atoms in total. The number of nitrogens with one attached hydrogen (secondary N) is 2. The second-order valence-corrected chi connectivity index (χ2v) is 15.9. The Labute approximate surface area is 324 Å². The van der Waals surface area contributed by atoms with E-state index >= 15 is 0 Å². The Bertz CT molecular complexity index is 2280. The van der Waals surface area contributed by atoms with Gasteiger partial charge in [0.1, 0.15) is 6.04 Å². The summed E-state index contributed by atoms with van der Waals surface area (Å²) in [5.41, 5.74) is 5.56. The molecule has 6 aromatic rings. The number of aromatic nitrogens is 4. The number of anilines is 1. The molecule has 1 aliphatic heterocycles. The van der Waals surface area contributed by atoms with E-state index in [9.17, 15) is 18.3 Å². The number of para-hydroxylation sites is 1. The van der Waals surface area contributed by atoms with Crippen LogP contribution in [0.5, 0.6) is 0 Å². The highest BCUT2D eigenvalue weighted by atomic mass is 32.2. The molecule has 282 valence electrons. The fraction of sp³-hybridized carbons (Fsp3) is 0.220. The monoisotopic (exact) mass is 776 g/mol. The molecular formula is C41H40N6O6S2. The van der Waals surface area contributed by atoms with Gasteiger partial charge >= 0.3 is 0 Å². The number of sulfonamides is 1. The standard InChI is InChI=1S/C41H40N6O6S2/c1-28-12-22-36(23-13-28)55(50,51)44-37(24-29-8-4-2-5-9-29)39(49)42-33-20-18-32(19-21-33)40-52-35(25-38(53-40)31-16-14-30(26-48)15-17-31)27-54-41-43-45-46-47(41)34-10-6-3-7-11-34/h2-23,35,37-38,40,44,48H,24-27H2,1H3,(H,42,49)/t35-,37-,38+,40+/m1/s1. The second-order valence-electron chi connectivity index (χ2n) is 13.2. The predicted octanol–water partition coefficient (Wildman–Crippen LogP) is 6.33. The highest BCUT2D eigenvalue weighted by Crippen LogP contribution is 2.39. The molecule has 0 aliphatic carbocycles. The van der Waals surface area contributed by atoms with Crippen LogP contribution in [0.15, 0.2) is 144 Å². The minimum atomic E-state index is -4.00. The quantitative estimate of drug-likeness (QED) is 0.107. The molecule has 3 N–H and O–H groups in total. The zero-order chi connectivity index (χ0) is 38.2.